The molecule has 0 aliphatic carbocycles. The maximum Gasteiger partial charge on any atom is 0.317 e. The largest absolute Gasteiger partial charge is 0.480 e. The van der Waals surface area contributed by atoms with E-state index in [0.717, 1.165) is 38.0 Å². The topological polar surface area (TPSA) is 72.9 Å². The predicted octanol–water partition coefficient (Wildman–Crippen LogP) is 1.67. The summed E-state index contributed by atoms with van der Waals surface area (Å²) in [5.41, 5.74) is 2.08. The Morgan fingerprint density at radius 3 is 2.42 bits per heavy atom. The van der Waals surface area contributed by atoms with Crippen molar-refractivity contribution >= 4 is 17.6 Å². The van der Waals surface area contributed by atoms with Crippen molar-refractivity contribution in [1.29, 1.82) is 0 Å². The first-order valence-corrected chi connectivity index (χ1v) is 8.51. The summed E-state index contributed by atoms with van der Waals surface area (Å²) >= 11 is 0. The molecule has 1 aromatic rings. The number of benzene rings is 1. The van der Waals surface area contributed by atoms with Gasteiger partial charge in [-0.1, -0.05) is 19.1 Å². The molecule has 24 heavy (non-hydrogen) atoms. The van der Waals surface area contributed by atoms with Crippen LogP contribution in [-0.2, 0) is 16.0 Å². The molecule has 0 unspecified atom stereocenters. The van der Waals surface area contributed by atoms with Gasteiger partial charge in [-0.25, -0.2) is 0 Å². The smallest absolute Gasteiger partial charge is 0.317 e. The fraction of sp³-hybridized carbons (Fsp3) is 0.556. The minimum Gasteiger partial charge on any atom is -0.480 e. The molecule has 1 aliphatic rings. The number of carbonyl (C=O) groups is 2. The number of carboxylic acid groups (broad SMARTS) is 1. The maximum atomic E-state index is 12.2. The number of nitrogens with zero attached hydrogens (tertiary/aromatic N) is 2. The normalized spacial score (nSPS) is 16.3. The van der Waals surface area contributed by atoms with Gasteiger partial charge in [0, 0.05) is 24.8 Å². The second-order valence-corrected chi connectivity index (χ2v) is 6.41. The van der Waals surface area contributed by atoms with E-state index in [0.29, 0.717) is 6.54 Å². The molecule has 132 valence electrons. The Morgan fingerprint density at radius 2 is 1.88 bits per heavy atom. The van der Waals surface area contributed by atoms with Crippen molar-refractivity contribution in [3.8, 4) is 0 Å². The minimum absolute atomic E-state index is 0.00316. The molecule has 1 aliphatic heterocycles. The monoisotopic (exact) mass is 333 g/mol. The SMILES string of the molecule is CCc1ccc(NC(=O)CN2CCC(N(C)CC(=O)O)CC2)cc1. The van der Waals surface area contributed by atoms with Gasteiger partial charge in [0.1, 0.15) is 0 Å². The van der Waals surface area contributed by atoms with Gasteiger partial charge in [-0.05, 0) is 44.0 Å². The van der Waals surface area contributed by atoms with Crippen molar-refractivity contribution in [2.24, 2.45) is 0 Å². The van der Waals surface area contributed by atoms with E-state index in [-0.39, 0.29) is 18.5 Å². The highest BCUT2D eigenvalue weighted by Crippen LogP contribution is 2.15. The van der Waals surface area contributed by atoms with Gasteiger partial charge in [0.2, 0.25) is 5.91 Å². The molecular formula is C18H27N3O3. The number of aryl methyl sites for hydroxylation is 1. The number of aliphatic carboxylic acids is 1. The maximum absolute atomic E-state index is 12.2. The third kappa shape index (κ3) is 5.62. The van der Waals surface area contributed by atoms with Crippen LogP contribution in [0.1, 0.15) is 25.3 Å². The summed E-state index contributed by atoms with van der Waals surface area (Å²) in [7, 11) is 1.85. The third-order valence-electron chi connectivity index (χ3n) is 4.58. The van der Waals surface area contributed by atoms with Crippen LogP contribution >= 0.6 is 0 Å². The number of anilines is 1. The number of nitrogens with one attached hydrogen (secondary N) is 1. The lowest BCUT2D eigenvalue weighted by Gasteiger charge is -2.35. The summed E-state index contributed by atoms with van der Waals surface area (Å²) in [5.74, 6) is -0.801. The van der Waals surface area contributed by atoms with Crippen LogP contribution in [0, 0.1) is 0 Å². The highest BCUT2D eigenvalue weighted by atomic mass is 16.4. The number of piperidine rings is 1. The molecule has 1 saturated heterocycles. The van der Waals surface area contributed by atoms with Gasteiger partial charge >= 0.3 is 5.97 Å². The minimum atomic E-state index is -0.798. The number of carbonyl (C=O) groups excluding carboxylic acids is 1. The fourth-order valence-corrected chi connectivity index (χ4v) is 3.09. The first-order valence-electron chi connectivity index (χ1n) is 8.51. The Balaban J connectivity index is 1.74. The van der Waals surface area contributed by atoms with E-state index in [9.17, 15) is 9.59 Å². The highest BCUT2D eigenvalue weighted by Gasteiger charge is 2.24. The number of likely N-dealkylation sites (N-methyl/N-ethyl adjacent to an activating group) is 1. The Labute approximate surface area is 143 Å². The summed E-state index contributed by atoms with van der Waals surface area (Å²) in [5, 5.41) is 11.8. The quantitative estimate of drug-likeness (QED) is 0.794. The van der Waals surface area contributed by atoms with Gasteiger partial charge < -0.3 is 10.4 Å². The predicted molar refractivity (Wildman–Crippen MR) is 94.2 cm³/mol. The van der Waals surface area contributed by atoms with Crippen molar-refractivity contribution in [3.05, 3.63) is 29.8 Å². The van der Waals surface area contributed by atoms with Gasteiger partial charge in [0.25, 0.3) is 0 Å². The molecule has 6 heteroatoms. The van der Waals surface area contributed by atoms with Gasteiger partial charge in [0.05, 0.1) is 13.1 Å². The van der Waals surface area contributed by atoms with E-state index in [1.807, 2.05) is 36.2 Å². The van der Waals surface area contributed by atoms with Crippen LogP contribution in [0.2, 0.25) is 0 Å². The summed E-state index contributed by atoms with van der Waals surface area (Å²) < 4.78 is 0. The molecule has 2 rings (SSSR count). The van der Waals surface area contributed by atoms with Crippen molar-refractivity contribution in [1.82, 2.24) is 9.80 Å². The standard InChI is InChI=1S/C18H27N3O3/c1-3-14-4-6-15(7-5-14)19-17(22)12-21-10-8-16(9-11-21)20(2)13-18(23)24/h4-7,16H,3,8-13H2,1-2H3,(H,19,22)(H,23,24). The number of amides is 1. The van der Waals surface area contributed by atoms with Crippen LogP contribution < -0.4 is 5.32 Å². The lowest BCUT2D eigenvalue weighted by atomic mass is 10.0. The Bertz CT molecular complexity index is 551. The average Bonchev–Trinajstić information content (AvgIpc) is 2.55. The van der Waals surface area contributed by atoms with Crippen LogP contribution in [0.3, 0.4) is 0 Å². The molecule has 0 atom stereocenters. The summed E-state index contributed by atoms with van der Waals surface area (Å²) in [4.78, 5) is 26.9. The molecule has 6 nitrogen and oxygen atoms in total. The highest BCUT2D eigenvalue weighted by molar-refractivity contribution is 5.92. The first kappa shape index (κ1) is 18.4. The van der Waals surface area contributed by atoms with E-state index in [1.165, 1.54) is 5.56 Å². The number of hydrogen-bond donors (Lipinski definition) is 2. The second kappa shape index (κ2) is 8.80. The molecule has 1 amide bonds. The van der Waals surface area contributed by atoms with Gasteiger partial charge in [-0.3, -0.25) is 19.4 Å². The first-order chi connectivity index (χ1) is 11.5. The van der Waals surface area contributed by atoms with Crippen molar-refractivity contribution in [2.75, 3.05) is 38.5 Å². The number of likely N-dealkylation sites (tertiary alicyclic amines) is 1. The van der Waals surface area contributed by atoms with Crippen molar-refractivity contribution in [3.63, 3.8) is 0 Å². The van der Waals surface area contributed by atoms with E-state index < -0.39 is 5.97 Å². The molecule has 1 heterocycles. The molecule has 2 N–H and O–H groups in total. The van der Waals surface area contributed by atoms with Crippen molar-refractivity contribution in [2.45, 2.75) is 32.2 Å². The van der Waals surface area contributed by atoms with Crippen LogP contribution in [0.4, 0.5) is 5.69 Å². The molecule has 0 bridgehead atoms. The van der Waals surface area contributed by atoms with Crippen LogP contribution in [0.25, 0.3) is 0 Å². The van der Waals surface area contributed by atoms with Crippen molar-refractivity contribution < 1.29 is 14.7 Å². The zero-order valence-corrected chi connectivity index (χ0v) is 14.5. The van der Waals surface area contributed by atoms with E-state index >= 15 is 0 Å². The zero-order chi connectivity index (χ0) is 17.5. The van der Waals surface area contributed by atoms with E-state index in [4.69, 9.17) is 5.11 Å². The molecule has 0 spiro atoms. The van der Waals surface area contributed by atoms with Gasteiger partial charge in [-0.15, -0.1) is 0 Å². The number of rotatable bonds is 7. The average molecular weight is 333 g/mol. The Hall–Kier alpha value is -1.92. The molecule has 0 saturated carbocycles. The molecule has 1 fully saturated rings. The molecule has 0 radical (unpaired) electrons. The van der Waals surface area contributed by atoms with Crippen LogP contribution in [-0.4, -0.2) is 66.1 Å². The van der Waals surface area contributed by atoms with Crippen LogP contribution in [0.5, 0.6) is 0 Å². The van der Waals surface area contributed by atoms with Crippen LogP contribution in [0.15, 0.2) is 24.3 Å². The summed E-state index contributed by atoms with van der Waals surface area (Å²) in [6, 6.07) is 8.20. The zero-order valence-electron chi connectivity index (χ0n) is 14.5. The fourth-order valence-electron chi connectivity index (χ4n) is 3.09. The van der Waals surface area contributed by atoms with E-state index in [2.05, 4.69) is 17.1 Å². The summed E-state index contributed by atoms with van der Waals surface area (Å²) in [6.45, 7) is 4.18. The molecule has 0 aromatic heterocycles. The number of carboxylic acids is 1. The second-order valence-electron chi connectivity index (χ2n) is 6.41. The lowest BCUT2D eigenvalue weighted by molar-refractivity contribution is -0.138. The Kier molecular flexibility index (Phi) is 6.75. The third-order valence-corrected chi connectivity index (χ3v) is 4.58. The molecular weight excluding hydrogens is 306 g/mol. The Morgan fingerprint density at radius 1 is 1.25 bits per heavy atom. The van der Waals surface area contributed by atoms with Gasteiger partial charge in [0.15, 0.2) is 0 Å². The molecule has 1 aromatic carbocycles. The van der Waals surface area contributed by atoms with E-state index in [1.54, 1.807) is 0 Å². The van der Waals surface area contributed by atoms with Gasteiger partial charge in [-0.2, -0.15) is 0 Å². The summed E-state index contributed by atoms with van der Waals surface area (Å²) in [6.07, 6.45) is 2.77. The number of hydrogen-bond acceptors (Lipinski definition) is 4. The lowest BCUT2D eigenvalue weighted by Crippen LogP contribution is -2.46.